The Balaban J connectivity index is 2.35. The summed E-state index contributed by atoms with van der Waals surface area (Å²) in [6.45, 7) is 3.81. The van der Waals surface area contributed by atoms with Gasteiger partial charge in [-0.05, 0) is 51.4 Å². The molecule has 0 amide bonds. The molecular weight excluding hydrogens is 909 g/mol. The number of allylic oxidation sites excluding steroid dienone is 12. The molecule has 4 N–H and O–H groups in total. The number of carbonyl (C=O) groups is 1. The van der Waals surface area contributed by atoms with Crippen LogP contribution in [0.4, 0.5) is 0 Å². The number of hydrogen-bond acceptors (Lipinski definition) is 11. The first-order valence-corrected chi connectivity index (χ1v) is 29.1. The van der Waals surface area contributed by atoms with Gasteiger partial charge in [-0.3, -0.25) is 9.35 Å². The summed E-state index contributed by atoms with van der Waals surface area (Å²) in [6.07, 6.45) is 53.9. The number of ether oxygens (including phenoxy) is 4. The number of aliphatic hydroxyl groups excluding tert-OH is 3. The van der Waals surface area contributed by atoms with Crippen molar-refractivity contribution in [3.63, 3.8) is 0 Å². The normalized spacial score (nSPS) is 19.7. The van der Waals surface area contributed by atoms with Gasteiger partial charge >= 0.3 is 16.4 Å². The number of unbranched alkanes of at least 4 members (excludes halogenated alkanes) is 23. The molecule has 6 atom stereocenters. The fourth-order valence-electron chi connectivity index (χ4n) is 8.23. The average Bonchev–Trinajstić information content (AvgIpc) is 3.34. The van der Waals surface area contributed by atoms with Crippen LogP contribution in [0.5, 0.6) is 0 Å². The molecule has 1 saturated heterocycles. The highest BCUT2D eigenvalue weighted by molar-refractivity contribution is 7.80. The van der Waals surface area contributed by atoms with Crippen LogP contribution < -0.4 is 0 Å². The number of hydrogen-bond donors (Lipinski definition) is 4. The number of carbonyl (C=O) groups excluding carboxylic acids is 1. The van der Waals surface area contributed by atoms with Crippen LogP contribution in [0.15, 0.2) is 72.9 Å². The van der Waals surface area contributed by atoms with Crippen LogP contribution >= 0.6 is 0 Å². The van der Waals surface area contributed by atoms with E-state index in [0.29, 0.717) is 13.0 Å². The molecule has 1 aliphatic rings. The summed E-state index contributed by atoms with van der Waals surface area (Å²) in [5.41, 5.74) is 0. The molecule has 0 spiro atoms. The maximum absolute atomic E-state index is 12.9. The molecule has 0 aromatic carbocycles. The number of esters is 1. The molecule has 0 saturated carbocycles. The Hall–Kier alpha value is -2.46. The zero-order chi connectivity index (χ0) is 51.0. The van der Waals surface area contributed by atoms with Crippen molar-refractivity contribution in [2.75, 3.05) is 26.4 Å². The summed E-state index contributed by atoms with van der Waals surface area (Å²) < 4.78 is 59.2. The largest absolute Gasteiger partial charge is 0.457 e. The Morgan fingerprint density at radius 1 is 0.557 bits per heavy atom. The third-order valence-corrected chi connectivity index (χ3v) is 12.8. The summed E-state index contributed by atoms with van der Waals surface area (Å²) >= 11 is 0. The van der Waals surface area contributed by atoms with E-state index in [1.165, 1.54) is 135 Å². The van der Waals surface area contributed by atoms with Crippen molar-refractivity contribution >= 4 is 16.4 Å². The zero-order valence-corrected chi connectivity index (χ0v) is 44.6. The van der Waals surface area contributed by atoms with E-state index in [4.69, 9.17) is 18.9 Å². The standard InChI is InChI=1S/C57H100O12S/c1-3-5-7-9-11-13-15-17-19-21-23-24-25-26-27-29-31-33-35-37-39-41-43-45-47-65-49-51(50-66-57-55(61)56(69-70(62,63)64)54(60)52(48-58)68-57)67-53(59)46-44-42-40-38-36-34-32-30-28-22-20-18-16-14-12-10-8-6-4-2/h6,8,12,14,18,20,28,30,34,36,40,42,51-52,54-58,60-61H,3-5,7,9-11,13,15-17,19,21-27,29,31-33,35,37-39,41,43-50H2,1-2H3,(H,62,63,64)/b8-6-,14-12-,20-18-,30-28-,36-34-,42-40-. The highest BCUT2D eigenvalue weighted by Crippen LogP contribution is 2.26. The molecular formula is C57H100O12S. The molecule has 1 rings (SSSR count). The first kappa shape index (κ1) is 65.6. The molecule has 70 heavy (non-hydrogen) atoms. The van der Waals surface area contributed by atoms with Gasteiger partial charge in [0.2, 0.25) is 0 Å². The van der Waals surface area contributed by atoms with Crippen LogP contribution in [0.1, 0.15) is 219 Å². The zero-order valence-electron chi connectivity index (χ0n) is 43.8. The summed E-state index contributed by atoms with van der Waals surface area (Å²) in [5.74, 6) is -0.479. The van der Waals surface area contributed by atoms with Gasteiger partial charge in [-0.25, -0.2) is 4.18 Å². The number of aliphatic hydroxyl groups is 3. The second-order valence-corrected chi connectivity index (χ2v) is 19.8. The fourth-order valence-corrected chi connectivity index (χ4v) is 8.74. The van der Waals surface area contributed by atoms with E-state index < -0.39 is 59.8 Å². The van der Waals surface area contributed by atoms with E-state index in [1.807, 2.05) is 12.2 Å². The maximum Gasteiger partial charge on any atom is 0.397 e. The quantitative estimate of drug-likeness (QED) is 0.0197. The van der Waals surface area contributed by atoms with Crippen molar-refractivity contribution in [3.8, 4) is 0 Å². The lowest BCUT2D eigenvalue weighted by molar-refractivity contribution is -0.301. The van der Waals surface area contributed by atoms with Crippen molar-refractivity contribution in [2.24, 2.45) is 0 Å². The van der Waals surface area contributed by atoms with Crippen LogP contribution in [0.3, 0.4) is 0 Å². The van der Waals surface area contributed by atoms with Crippen molar-refractivity contribution < 1.29 is 56.2 Å². The lowest BCUT2D eigenvalue weighted by atomic mass is 9.99. The van der Waals surface area contributed by atoms with Crippen LogP contribution in [-0.4, -0.2) is 97.5 Å². The van der Waals surface area contributed by atoms with E-state index in [2.05, 4.69) is 78.8 Å². The predicted octanol–water partition coefficient (Wildman–Crippen LogP) is 13.4. The Bertz CT molecular complexity index is 1490. The summed E-state index contributed by atoms with van der Waals surface area (Å²) in [7, 11) is -5.08. The maximum atomic E-state index is 12.9. The predicted molar refractivity (Wildman–Crippen MR) is 285 cm³/mol. The van der Waals surface area contributed by atoms with Crippen molar-refractivity contribution in [2.45, 2.75) is 256 Å². The number of rotatable bonds is 48. The average molecular weight is 1010 g/mol. The molecule has 0 radical (unpaired) electrons. The topological polar surface area (TPSA) is 178 Å². The summed E-state index contributed by atoms with van der Waals surface area (Å²) in [4.78, 5) is 12.9. The molecule has 0 bridgehead atoms. The molecule has 1 fully saturated rings. The van der Waals surface area contributed by atoms with Crippen molar-refractivity contribution in [3.05, 3.63) is 72.9 Å². The van der Waals surface area contributed by atoms with Crippen LogP contribution in [0.25, 0.3) is 0 Å². The molecule has 13 heteroatoms. The Labute approximate surface area is 426 Å². The van der Waals surface area contributed by atoms with Gasteiger partial charge < -0.3 is 34.3 Å². The van der Waals surface area contributed by atoms with E-state index in [-0.39, 0.29) is 19.6 Å². The molecule has 6 unspecified atom stereocenters. The first-order chi connectivity index (χ1) is 34.1. The van der Waals surface area contributed by atoms with E-state index in [9.17, 15) is 33.1 Å². The highest BCUT2D eigenvalue weighted by Gasteiger charge is 2.48. The second-order valence-electron chi connectivity index (χ2n) is 18.8. The molecule has 0 aromatic heterocycles. The van der Waals surface area contributed by atoms with Crippen LogP contribution in [0.2, 0.25) is 0 Å². The lowest BCUT2D eigenvalue weighted by Gasteiger charge is -2.41. The third-order valence-electron chi connectivity index (χ3n) is 12.4. The van der Waals surface area contributed by atoms with Crippen molar-refractivity contribution in [1.82, 2.24) is 0 Å². The molecule has 1 heterocycles. The third kappa shape index (κ3) is 40.1. The fraction of sp³-hybridized carbons (Fsp3) is 0.772. The Morgan fingerprint density at radius 2 is 0.957 bits per heavy atom. The van der Waals surface area contributed by atoms with Gasteiger partial charge in [0.25, 0.3) is 0 Å². The first-order valence-electron chi connectivity index (χ1n) is 27.7. The molecule has 1 aliphatic heterocycles. The highest BCUT2D eigenvalue weighted by atomic mass is 32.3. The van der Waals surface area contributed by atoms with Crippen molar-refractivity contribution in [1.29, 1.82) is 0 Å². The minimum absolute atomic E-state index is 0.00479. The molecule has 0 aromatic rings. The van der Waals surface area contributed by atoms with Gasteiger partial charge in [0.1, 0.15) is 30.5 Å². The van der Waals surface area contributed by atoms with Gasteiger partial charge in [0.15, 0.2) is 6.29 Å². The SMILES string of the molecule is CC/C=C\C/C=C\C/C=C\C/C=C\C/C=C\C/C=C\CCC(=O)OC(COCCCCCCCCCCCCCCCCCCCCCCCCCC)COC1OC(CO)C(O)C(OS(=O)(=O)O)C1O. The summed E-state index contributed by atoms with van der Waals surface area (Å²) in [6, 6.07) is 0. The molecule has 12 nitrogen and oxygen atoms in total. The van der Waals surface area contributed by atoms with E-state index >= 15 is 0 Å². The van der Waals surface area contributed by atoms with Gasteiger partial charge in [-0.1, -0.05) is 234 Å². The molecule has 0 aliphatic carbocycles. The summed E-state index contributed by atoms with van der Waals surface area (Å²) in [5, 5.41) is 30.8. The minimum Gasteiger partial charge on any atom is -0.457 e. The lowest BCUT2D eigenvalue weighted by Crippen LogP contribution is -2.60. The minimum atomic E-state index is -5.08. The van der Waals surface area contributed by atoms with Gasteiger partial charge in [-0.2, -0.15) is 8.42 Å². The van der Waals surface area contributed by atoms with E-state index in [0.717, 1.165) is 57.8 Å². The van der Waals surface area contributed by atoms with Gasteiger partial charge in [0, 0.05) is 13.0 Å². The van der Waals surface area contributed by atoms with Crippen LogP contribution in [0, 0.1) is 0 Å². The Kier molecular flexibility index (Phi) is 44.5. The Morgan fingerprint density at radius 3 is 1.36 bits per heavy atom. The smallest absolute Gasteiger partial charge is 0.397 e. The molecule has 406 valence electrons. The van der Waals surface area contributed by atoms with Gasteiger partial charge in [-0.15, -0.1) is 0 Å². The van der Waals surface area contributed by atoms with Crippen LogP contribution in [-0.2, 0) is 38.3 Å². The van der Waals surface area contributed by atoms with Gasteiger partial charge in [0.05, 0.1) is 19.8 Å². The second kappa shape index (κ2) is 47.5. The monoisotopic (exact) mass is 1010 g/mol. The van der Waals surface area contributed by atoms with E-state index in [1.54, 1.807) is 0 Å².